The molecule has 108 valence electrons. The van der Waals surface area contributed by atoms with Crippen LogP contribution in [-0.2, 0) is 9.59 Å². The third-order valence-corrected chi connectivity index (χ3v) is 3.52. The van der Waals surface area contributed by atoms with E-state index in [2.05, 4.69) is 10.6 Å². The fourth-order valence-electron chi connectivity index (χ4n) is 1.81. The van der Waals surface area contributed by atoms with Gasteiger partial charge in [0.1, 0.15) is 0 Å². The van der Waals surface area contributed by atoms with Gasteiger partial charge in [0.25, 0.3) is 0 Å². The van der Waals surface area contributed by atoms with Crippen LogP contribution in [0, 0.1) is 13.8 Å². The zero-order chi connectivity index (χ0) is 15.4. The number of aryl methyl sites for hydroxylation is 1. The Hall–Kier alpha value is -2.33. The molecule has 2 rings (SSSR count). The maximum absolute atomic E-state index is 11.9. The molecule has 0 aliphatic rings. The molecule has 0 aromatic heterocycles. The van der Waals surface area contributed by atoms with Crippen LogP contribution >= 0.6 is 11.6 Å². The summed E-state index contributed by atoms with van der Waals surface area (Å²) in [7, 11) is 0. The number of hydrogen-bond donors (Lipinski definition) is 2. The second-order valence-corrected chi connectivity index (χ2v) is 5.04. The molecule has 0 radical (unpaired) electrons. The van der Waals surface area contributed by atoms with Crippen molar-refractivity contribution in [1.82, 2.24) is 0 Å². The molecule has 2 aromatic rings. The van der Waals surface area contributed by atoms with Crippen molar-refractivity contribution in [3.8, 4) is 0 Å². The molecule has 0 saturated heterocycles. The Kier molecular flexibility index (Phi) is 4.60. The van der Waals surface area contributed by atoms with Crippen molar-refractivity contribution in [3.63, 3.8) is 0 Å². The molecule has 0 spiro atoms. The molecule has 5 heteroatoms. The normalized spacial score (nSPS) is 10.0. The maximum atomic E-state index is 11.9. The predicted octanol–water partition coefficient (Wildman–Crippen LogP) is 3.53. The van der Waals surface area contributed by atoms with Gasteiger partial charge >= 0.3 is 11.8 Å². The third kappa shape index (κ3) is 3.61. The van der Waals surface area contributed by atoms with E-state index in [9.17, 15) is 9.59 Å². The van der Waals surface area contributed by atoms with Gasteiger partial charge in [0.2, 0.25) is 0 Å². The van der Waals surface area contributed by atoms with Crippen molar-refractivity contribution in [3.05, 3.63) is 58.6 Å². The van der Waals surface area contributed by atoms with Crippen molar-refractivity contribution in [1.29, 1.82) is 0 Å². The lowest BCUT2D eigenvalue weighted by molar-refractivity contribution is -0.133. The van der Waals surface area contributed by atoms with Crippen LogP contribution in [0.15, 0.2) is 42.5 Å². The van der Waals surface area contributed by atoms with E-state index < -0.39 is 11.8 Å². The fourth-order valence-corrected chi connectivity index (χ4v) is 1.99. The van der Waals surface area contributed by atoms with Crippen molar-refractivity contribution in [2.24, 2.45) is 0 Å². The Morgan fingerprint density at radius 1 is 0.857 bits per heavy atom. The van der Waals surface area contributed by atoms with E-state index in [1.54, 1.807) is 37.3 Å². The molecular weight excluding hydrogens is 288 g/mol. The highest BCUT2D eigenvalue weighted by Gasteiger charge is 2.16. The standard InChI is InChI=1S/C16H15ClN2O2/c1-10-6-3-4-8-13(10)18-15(20)16(21)19-14-9-5-7-12(17)11(14)2/h3-9H,1-2H3,(H,18,20)(H,19,21). The van der Waals surface area contributed by atoms with Gasteiger partial charge in [0.15, 0.2) is 0 Å². The lowest BCUT2D eigenvalue weighted by Gasteiger charge is -2.10. The number of hydrogen-bond acceptors (Lipinski definition) is 2. The second kappa shape index (κ2) is 6.41. The van der Waals surface area contributed by atoms with Gasteiger partial charge in [0, 0.05) is 16.4 Å². The molecule has 4 nitrogen and oxygen atoms in total. The lowest BCUT2D eigenvalue weighted by Crippen LogP contribution is -2.29. The summed E-state index contributed by atoms with van der Waals surface area (Å²) in [4.78, 5) is 23.8. The van der Waals surface area contributed by atoms with E-state index >= 15 is 0 Å². The molecule has 0 fully saturated rings. The number of amides is 2. The topological polar surface area (TPSA) is 58.2 Å². The summed E-state index contributed by atoms with van der Waals surface area (Å²) in [6.07, 6.45) is 0. The molecular formula is C16H15ClN2O2. The summed E-state index contributed by atoms with van der Waals surface area (Å²) in [6, 6.07) is 12.4. The Bertz CT molecular complexity index is 698. The Morgan fingerprint density at radius 3 is 2.10 bits per heavy atom. The molecule has 2 aromatic carbocycles. The molecule has 0 bridgehead atoms. The zero-order valence-corrected chi connectivity index (χ0v) is 12.5. The van der Waals surface area contributed by atoms with Gasteiger partial charge in [-0.2, -0.15) is 0 Å². The molecule has 21 heavy (non-hydrogen) atoms. The number of nitrogens with one attached hydrogen (secondary N) is 2. The number of para-hydroxylation sites is 1. The average molecular weight is 303 g/mol. The summed E-state index contributed by atoms with van der Waals surface area (Å²) in [5.41, 5.74) is 2.74. The van der Waals surface area contributed by atoms with E-state index in [0.717, 1.165) is 11.1 Å². The SMILES string of the molecule is Cc1ccccc1NC(=O)C(=O)Nc1cccc(Cl)c1C. The summed E-state index contributed by atoms with van der Waals surface area (Å²) in [5.74, 6) is -1.45. The van der Waals surface area contributed by atoms with Gasteiger partial charge in [-0.25, -0.2) is 0 Å². The number of carbonyl (C=O) groups is 2. The minimum absolute atomic E-state index is 0.521. The molecule has 2 N–H and O–H groups in total. The van der Waals surface area contributed by atoms with Crippen molar-refractivity contribution >= 4 is 34.8 Å². The maximum Gasteiger partial charge on any atom is 0.314 e. The number of carbonyl (C=O) groups excluding carboxylic acids is 2. The first kappa shape index (κ1) is 15.1. The Labute approximate surface area is 128 Å². The first-order valence-corrected chi connectivity index (χ1v) is 6.80. The van der Waals surface area contributed by atoms with Crippen molar-refractivity contribution < 1.29 is 9.59 Å². The molecule has 0 heterocycles. The summed E-state index contributed by atoms with van der Waals surface area (Å²) < 4.78 is 0. The molecule has 0 aliphatic heterocycles. The smallest absolute Gasteiger partial charge is 0.314 e. The molecule has 0 saturated carbocycles. The van der Waals surface area contributed by atoms with Crippen LogP contribution in [-0.4, -0.2) is 11.8 Å². The van der Waals surface area contributed by atoms with Crippen LogP contribution in [0.3, 0.4) is 0 Å². The van der Waals surface area contributed by atoms with Gasteiger partial charge in [0.05, 0.1) is 0 Å². The number of benzene rings is 2. The van der Waals surface area contributed by atoms with Gasteiger partial charge in [-0.3, -0.25) is 9.59 Å². The quantitative estimate of drug-likeness (QED) is 0.834. The number of anilines is 2. The van der Waals surface area contributed by atoms with Gasteiger partial charge in [-0.15, -0.1) is 0 Å². The first-order chi connectivity index (χ1) is 9.99. The largest absolute Gasteiger partial charge is 0.318 e. The number of rotatable bonds is 2. The third-order valence-electron chi connectivity index (χ3n) is 3.12. The predicted molar refractivity (Wildman–Crippen MR) is 84.6 cm³/mol. The highest BCUT2D eigenvalue weighted by molar-refractivity contribution is 6.44. The fraction of sp³-hybridized carbons (Fsp3) is 0.125. The summed E-state index contributed by atoms with van der Waals surface area (Å²) in [5, 5.41) is 5.67. The molecule has 0 aliphatic carbocycles. The highest BCUT2D eigenvalue weighted by atomic mass is 35.5. The lowest BCUT2D eigenvalue weighted by atomic mass is 10.2. The van der Waals surface area contributed by atoms with Gasteiger partial charge < -0.3 is 10.6 Å². The summed E-state index contributed by atoms with van der Waals surface area (Å²) >= 11 is 5.98. The molecule has 0 unspecified atom stereocenters. The van der Waals surface area contributed by atoms with Crippen LogP contribution in [0.4, 0.5) is 11.4 Å². The summed E-state index contributed by atoms with van der Waals surface area (Å²) in [6.45, 7) is 3.63. The van der Waals surface area contributed by atoms with Crippen molar-refractivity contribution in [2.75, 3.05) is 10.6 Å². The zero-order valence-electron chi connectivity index (χ0n) is 11.7. The van der Waals surface area contributed by atoms with Crippen LogP contribution in [0.1, 0.15) is 11.1 Å². The van der Waals surface area contributed by atoms with Crippen LogP contribution in [0.25, 0.3) is 0 Å². The van der Waals surface area contributed by atoms with E-state index in [1.165, 1.54) is 0 Å². The van der Waals surface area contributed by atoms with Gasteiger partial charge in [-0.1, -0.05) is 35.9 Å². The highest BCUT2D eigenvalue weighted by Crippen LogP contribution is 2.23. The molecule has 0 atom stereocenters. The van der Waals surface area contributed by atoms with E-state index in [-0.39, 0.29) is 0 Å². The van der Waals surface area contributed by atoms with Crippen molar-refractivity contribution in [2.45, 2.75) is 13.8 Å². The van der Waals surface area contributed by atoms with E-state index in [1.807, 2.05) is 19.1 Å². The average Bonchev–Trinajstić information content (AvgIpc) is 2.46. The first-order valence-electron chi connectivity index (χ1n) is 6.42. The van der Waals surface area contributed by atoms with Gasteiger partial charge in [-0.05, 0) is 43.2 Å². The van der Waals surface area contributed by atoms with E-state index in [4.69, 9.17) is 11.6 Å². The minimum atomic E-state index is -0.733. The van der Waals surface area contributed by atoms with E-state index in [0.29, 0.717) is 16.4 Å². The monoisotopic (exact) mass is 302 g/mol. The van der Waals surface area contributed by atoms with Crippen LogP contribution in [0.5, 0.6) is 0 Å². The Balaban J connectivity index is 2.08. The molecule has 2 amide bonds. The minimum Gasteiger partial charge on any atom is -0.318 e. The Morgan fingerprint density at radius 2 is 1.43 bits per heavy atom. The van der Waals surface area contributed by atoms with Crippen LogP contribution < -0.4 is 10.6 Å². The second-order valence-electron chi connectivity index (χ2n) is 4.64. The number of halogens is 1. The van der Waals surface area contributed by atoms with Crippen LogP contribution in [0.2, 0.25) is 5.02 Å².